The van der Waals surface area contributed by atoms with E-state index in [2.05, 4.69) is 21.5 Å². The lowest BCUT2D eigenvalue weighted by Gasteiger charge is -2.18. The molecule has 3 aromatic carbocycles. The number of nitrogens with one attached hydrogen (secondary N) is 1. The van der Waals surface area contributed by atoms with Crippen LogP contribution in [0.1, 0.15) is 28.2 Å². The van der Waals surface area contributed by atoms with Gasteiger partial charge in [-0.05, 0) is 22.3 Å². The van der Waals surface area contributed by atoms with E-state index in [0.29, 0.717) is 13.1 Å². The first-order valence-corrected chi connectivity index (χ1v) is 9.58. The van der Waals surface area contributed by atoms with Crippen LogP contribution in [0.25, 0.3) is 0 Å². The highest BCUT2D eigenvalue weighted by atomic mass is 16.1. The minimum Gasteiger partial charge on any atom is -0.351 e. The van der Waals surface area contributed by atoms with Crippen molar-refractivity contribution in [2.75, 3.05) is 0 Å². The van der Waals surface area contributed by atoms with E-state index in [9.17, 15) is 4.79 Å². The van der Waals surface area contributed by atoms with Crippen molar-refractivity contribution in [3.8, 4) is 0 Å². The van der Waals surface area contributed by atoms with Crippen LogP contribution in [0.3, 0.4) is 0 Å². The number of amides is 1. The Labute approximate surface area is 170 Å². The quantitative estimate of drug-likeness (QED) is 0.529. The largest absolute Gasteiger partial charge is 0.351 e. The second-order valence-corrected chi connectivity index (χ2v) is 6.83. The van der Waals surface area contributed by atoms with E-state index >= 15 is 0 Å². The fourth-order valence-electron chi connectivity index (χ4n) is 3.44. The van der Waals surface area contributed by atoms with Gasteiger partial charge >= 0.3 is 0 Å². The van der Waals surface area contributed by atoms with Crippen LogP contribution in [0.4, 0.5) is 0 Å². The Morgan fingerprint density at radius 3 is 2.00 bits per heavy atom. The molecule has 0 saturated heterocycles. The highest BCUT2D eigenvalue weighted by Gasteiger charge is 2.22. The molecule has 4 rings (SSSR count). The van der Waals surface area contributed by atoms with Crippen molar-refractivity contribution in [3.05, 3.63) is 120 Å². The molecule has 1 amide bonds. The normalized spacial score (nSPS) is 10.8. The molecule has 0 atom stereocenters. The summed E-state index contributed by atoms with van der Waals surface area (Å²) in [4.78, 5) is 17.2. The van der Waals surface area contributed by atoms with Crippen molar-refractivity contribution in [1.82, 2.24) is 20.1 Å². The molecular formula is C24H22N4O. The number of carbonyl (C=O) groups is 1. The van der Waals surface area contributed by atoms with Gasteiger partial charge < -0.3 is 5.32 Å². The maximum atomic E-state index is 13.2. The Morgan fingerprint density at radius 2 is 1.41 bits per heavy atom. The molecule has 29 heavy (non-hydrogen) atoms. The molecule has 0 aliphatic heterocycles. The van der Waals surface area contributed by atoms with E-state index < -0.39 is 0 Å². The third kappa shape index (κ3) is 4.58. The molecule has 0 spiro atoms. The molecule has 144 valence electrons. The topological polar surface area (TPSA) is 59.8 Å². The summed E-state index contributed by atoms with van der Waals surface area (Å²) in [5, 5.41) is 7.31. The van der Waals surface area contributed by atoms with Crippen molar-refractivity contribution in [2.24, 2.45) is 0 Å². The number of carbonyl (C=O) groups excluding carboxylic acids is 1. The Morgan fingerprint density at radius 1 is 0.828 bits per heavy atom. The summed E-state index contributed by atoms with van der Waals surface area (Å²) in [7, 11) is 0. The maximum Gasteiger partial charge on any atom is 0.232 e. The number of nitrogens with zero attached hydrogens (tertiary/aromatic N) is 3. The van der Waals surface area contributed by atoms with E-state index in [1.165, 1.54) is 6.33 Å². The molecule has 0 radical (unpaired) electrons. The molecular weight excluding hydrogens is 360 g/mol. The van der Waals surface area contributed by atoms with Crippen LogP contribution in [0.15, 0.2) is 97.6 Å². The monoisotopic (exact) mass is 382 g/mol. The van der Waals surface area contributed by atoms with Crippen LogP contribution in [0.2, 0.25) is 0 Å². The fraction of sp³-hybridized carbons (Fsp3) is 0.125. The van der Waals surface area contributed by atoms with Crippen LogP contribution < -0.4 is 5.32 Å². The zero-order chi connectivity index (χ0) is 19.9. The zero-order valence-corrected chi connectivity index (χ0v) is 16.0. The Bertz CT molecular complexity index is 1010. The first-order chi connectivity index (χ1) is 14.3. The van der Waals surface area contributed by atoms with Crippen molar-refractivity contribution < 1.29 is 4.79 Å². The molecule has 0 unspecified atom stereocenters. The van der Waals surface area contributed by atoms with Crippen molar-refractivity contribution >= 4 is 5.91 Å². The molecule has 0 aliphatic rings. The molecule has 0 bridgehead atoms. The lowest BCUT2D eigenvalue weighted by atomic mass is 9.90. The van der Waals surface area contributed by atoms with Gasteiger partial charge in [-0.1, -0.05) is 84.9 Å². The lowest BCUT2D eigenvalue weighted by molar-refractivity contribution is -0.121. The van der Waals surface area contributed by atoms with Gasteiger partial charge in [0.25, 0.3) is 0 Å². The first-order valence-electron chi connectivity index (χ1n) is 9.58. The van der Waals surface area contributed by atoms with Crippen molar-refractivity contribution in [3.63, 3.8) is 0 Å². The summed E-state index contributed by atoms with van der Waals surface area (Å²) in [6, 6.07) is 27.8. The summed E-state index contributed by atoms with van der Waals surface area (Å²) in [5.41, 5.74) is 4.13. The Hall–Kier alpha value is -3.73. The average Bonchev–Trinajstić information content (AvgIpc) is 3.28. The molecule has 1 N–H and O–H groups in total. The predicted octanol–water partition coefficient (Wildman–Crippen LogP) is 3.77. The highest BCUT2D eigenvalue weighted by molar-refractivity contribution is 5.87. The van der Waals surface area contributed by atoms with Crippen molar-refractivity contribution in [2.45, 2.75) is 19.0 Å². The van der Waals surface area contributed by atoms with Gasteiger partial charge in [-0.3, -0.25) is 4.79 Å². The van der Waals surface area contributed by atoms with Gasteiger partial charge in [0.05, 0.1) is 12.5 Å². The van der Waals surface area contributed by atoms with E-state index in [-0.39, 0.29) is 11.8 Å². The summed E-state index contributed by atoms with van der Waals surface area (Å²) in [6.07, 6.45) is 3.21. The van der Waals surface area contributed by atoms with Gasteiger partial charge in [-0.15, -0.1) is 0 Å². The second kappa shape index (κ2) is 8.97. The molecule has 1 heterocycles. The summed E-state index contributed by atoms with van der Waals surface area (Å²) in [6.45, 7) is 1.08. The lowest BCUT2D eigenvalue weighted by Crippen LogP contribution is -2.30. The van der Waals surface area contributed by atoms with Gasteiger partial charge in [0.15, 0.2) is 0 Å². The Kier molecular flexibility index (Phi) is 5.76. The Balaban J connectivity index is 1.53. The smallest absolute Gasteiger partial charge is 0.232 e. The SMILES string of the molecule is O=C(NCc1ccccc1Cn1cncn1)C(c1ccccc1)c1ccccc1. The average molecular weight is 382 g/mol. The number of aromatic nitrogens is 3. The number of hydrogen-bond donors (Lipinski definition) is 1. The second-order valence-electron chi connectivity index (χ2n) is 6.83. The summed E-state index contributed by atoms with van der Waals surface area (Å²) >= 11 is 0. The van der Waals surface area contributed by atoms with Gasteiger partial charge in [0.1, 0.15) is 12.7 Å². The molecule has 0 aliphatic carbocycles. The van der Waals surface area contributed by atoms with Gasteiger partial charge in [-0.25, -0.2) is 9.67 Å². The van der Waals surface area contributed by atoms with Gasteiger partial charge in [-0.2, -0.15) is 5.10 Å². The predicted molar refractivity (Wildman–Crippen MR) is 112 cm³/mol. The summed E-state index contributed by atoms with van der Waals surface area (Å²) in [5.74, 6) is -0.363. The zero-order valence-electron chi connectivity index (χ0n) is 16.0. The molecule has 5 nitrogen and oxygen atoms in total. The number of benzene rings is 3. The molecule has 0 fully saturated rings. The van der Waals surface area contributed by atoms with Crippen LogP contribution >= 0.6 is 0 Å². The highest BCUT2D eigenvalue weighted by Crippen LogP contribution is 2.25. The molecule has 4 aromatic rings. The van der Waals surface area contributed by atoms with E-state index in [1.54, 1.807) is 11.0 Å². The van der Waals surface area contributed by atoms with Crippen molar-refractivity contribution in [1.29, 1.82) is 0 Å². The fourth-order valence-corrected chi connectivity index (χ4v) is 3.44. The van der Waals surface area contributed by atoms with Gasteiger partial charge in [0.2, 0.25) is 5.91 Å². The van der Waals surface area contributed by atoms with Crippen LogP contribution in [-0.2, 0) is 17.9 Å². The molecule has 1 aromatic heterocycles. The van der Waals surface area contributed by atoms with Crippen LogP contribution in [0.5, 0.6) is 0 Å². The van der Waals surface area contributed by atoms with E-state index in [4.69, 9.17) is 0 Å². The first kappa shape index (κ1) is 18.6. The molecule has 5 heteroatoms. The minimum absolute atomic E-state index is 0.0158. The number of rotatable bonds is 7. The van der Waals surface area contributed by atoms with E-state index in [1.807, 2.05) is 78.9 Å². The maximum absolute atomic E-state index is 13.2. The van der Waals surface area contributed by atoms with Crippen LogP contribution in [-0.4, -0.2) is 20.7 Å². The third-order valence-electron chi connectivity index (χ3n) is 4.90. The van der Waals surface area contributed by atoms with Gasteiger partial charge in [0, 0.05) is 6.54 Å². The third-order valence-corrected chi connectivity index (χ3v) is 4.90. The summed E-state index contributed by atoms with van der Waals surface area (Å²) < 4.78 is 1.78. The minimum atomic E-state index is -0.347. The standard InChI is InChI=1S/C24H22N4O/c29-24(23(19-9-3-1-4-10-19)20-11-5-2-6-12-20)26-15-21-13-7-8-14-22(21)16-28-18-25-17-27-28/h1-14,17-18,23H,15-16H2,(H,26,29). The molecule has 0 saturated carbocycles. The van der Waals surface area contributed by atoms with Crippen LogP contribution in [0, 0.1) is 0 Å². The van der Waals surface area contributed by atoms with E-state index in [0.717, 1.165) is 22.3 Å². The number of hydrogen-bond acceptors (Lipinski definition) is 3.